The number of rotatable bonds is 5. The Hall–Kier alpha value is -2.01. The largest absolute Gasteiger partial charge is 0.573 e. The fourth-order valence-corrected chi connectivity index (χ4v) is 3.24. The van der Waals surface area contributed by atoms with E-state index in [0.29, 0.717) is 15.2 Å². The lowest BCUT2D eigenvalue weighted by molar-refractivity contribution is -0.274. The van der Waals surface area contributed by atoms with E-state index in [4.69, 9.17) is 5.73 Å². The first-order chi connectivity index (χ1) is 10.7. The van der Waals surface area contributed by atoms with Crippen molar-refractivity contribution in [2.24, 2.45) is 0 Å². The highest BCUT2D eigenvalue weighted by Crippen LogP contribution is 2.28. The van der Waals surface area contributed by atoms with E-state index in [1.54, 1.807) is 6.92 Å². The number of nitrogen functional groups attached to an aromatic ring is 1. The monoisotopic (exact) mass is 364 g/mol. The van der Waals surface area contributed by atoms with Gasteiger partial charge in [-0.1, -0.05) is 23.1 Å². The van der Waals surface area contributed by atoms with E-state index in [9.17, 15) is 18.0 Å². The lowest BCUT2D eigenvalue weighted by atomic mass is 10.3. The number of hydrogen-bond acceptors (Lipinski definition) is 7. The number of aromatic nitrogens is 2. The molecule has 0 bridgehead atoms. The average molecular weight is 364 g/mol. The van der Waals surface area contributed by atoms with E-state index in [1.165, 1.54) is 23.9 Å². The number of alkyl halides is 3. The Bertz CT molecular complexity index is 676. The summed E-state index contributed by atoms with van der Waals surface area (Å²) in [6.45, 7) is 1.67. The molecule has 0 spiro atoms. The first-order valence-corrected chi connectivity index (χ1v) is 7.85. The second-order valence-electron chi connectivity index (χ2n) is 4.23. The van der Waals surface area contributed by atoms with E-state index < -0.39 is 11.6 Å². The smallest absolute Gasteiger partial charge is 0.406 e. The summed E-state index contributed by atoms with van der Waals surface area (Å²) in [6, 6.07) is 4.87. The number of ether oxygens (including phenoxy) is 1. The average Bonchev–Trinajstić information content (AvgIpc) is 2.84. The lowest BCUT2D eigenvalue weighted by Gasteiger charge is -2.12. The Labute approximate surface area is 137 Å². The fraction of sp³-hybridized carbons (Fsp3) is 0.250. The molecule has 23 heavy (non-hydrogen) atoms. The number of halogens is 3. The topological polar surface area (TPSA) is 90.1 Å². The normalized spacial score (nSPS) is 12.7. The van der Waals surface area contributed by atoms with E-state index in [0.717, 1.165) is 23.5 Å². The molecule has 0 radical (unpaired) electrons. The molecule has 3 N–H and O–H groups in total. The minimum Gasteiger partial charge on any atom is -0.406 e. The van der Waals surface area contributed by atoms with Crippen molar-refractivity contribution < 1.29 is 22.7 Å². The zero-order chi connectivity index (χ0) is 17.0. The third-order valence-corrected chi connectivity index (χ3v) is 4.36. The molecule has 6 nitrogen and oxygen atoms in total. The number of nitrogens with zero attached hydrogens (tertiary/aromatic N) is 2. The van der Waals surface area contributed by atoms with Crippen molar-refractivity contribution in [3.05, 3.63) is 24.3 Å². The summed E-state index contributed by atoms with van der Waals surface area (Å²) >= 11 is 2.34. The van der Waals surface area contributed by atoms with Crippen molar-refractivity contribution in [2.45, 2.75) is 22.9 Å². The van der Waals surface area contributed by atoms with Crippen LogP contribution in [-0.2, 0) is 4.79 Å². The minimum absolute atomic E-state index is 0.306. The van der Waals surface area contributed by atoms with Crippen LogP contribution in [0.25, 0.3) is 0 Å². The van der Waals surface area contributed by atoms with Gasteiger partial charge in [0.1, 0.15) is 5.75 Å². The van der Waals surface area contributed by atoms with Gasteiger partial charge in [0.15, 0.2) is 4.34 Å². The number of hydrogen-bond donors (Lipinski definition) is 2. The SMILES string of the molecule is CC(Sc1nnc(N)s1)C(=O)Nc1ccc(OC(F)(F)F)cc1. The number of benzene rings is 1. The summed E-state index contributed by atoms with van der Waals surface area (Å²) in [4.78, 5) is 12.0. The van der Waals surface area contributed by atoms with Crippen molar-refractivity contribution in [1.82, 2.24) is 10.2 Å². The van der Waals surface area contributed by atoms with E-state index in [1.807, 2.05) is 0 Å². The second-order valence-corrected chi connectivity index (χ2v) is 6.82. The number of anilines is 2. The summed E-state index contributed by atoms with van der Waals surface area (Å²) < 4.78 is 40.5. The summed E-state index contributed by atoms with van der Waals surface area (Å²) in [6.07, 6.45) is -4.75. The molecule has 0 fully saturated rings. The number of carbonyl (C=O) groups is 1. The van der Waals surface area contributed by atoms with Crippen LogP contribution in [0, 0.1) is 0 Å². The van der Waals surface area contributed by atoms with Gasteiger partial charge in [-0.05, 0) is 31.2 Å². The molecule has 1 unspecified atom stereocenters. The van der Waals surface area contributed by atoms with Gasteiger partial charge in [-0.3, -0.25) is 4.79 Å². The molecule has 0 saturated carbocycles. The van der Waals surface area contributed by atoms with Crippen LogP contribution in [0.3, 0.4) is 0 Å². The number of nitrogens with one attached hydrogen (secondary N) is 1. The van der Waals surface area contributed by atoms with Gasteiger partial charge >= 0.3 is 6.36 Å². The third-order valence-electron chi connectivity index (χ3n) is 2.42. The van der Waals surface area contributed by atoms with Crippen molar-refractivity contribution in [3.63, 3.8) is 0 Å². The first-order valence-electron chi connectivity index (χ1n) is 6.15. The maximum Gasteiger partial charge on any atom is 0.573 e. The summed E-state index contributed by atoms with van der Waals surface area (Å²) in [5, 5.41) is 9.85. The molecule has 0 aliphatic rings. The van der Waals surface area contributed by atoms with Crippen LogP contribution in [-0.4, -0.2) is 27.7 Å². The predicted molar refractivity (Wildman–Crippen MR) is 81.4 cm³/mol. The van der Waals surface area contributed by atoms with Crippen LogP contribution in [0.15, 0.2) is 28.6 Å². The van der Waals surface area contributed by atoms with E-state index >= 15 is 0 Å². The molecule has 1 amide bonds. The Morgan fingerprint density at radius 1 is 1.35 bits per heavy atom. The molecule has 124 valence electrons. The van der Waals surface area contributed by atoms with Crippen LogP contribution >= 0.6 is 23.1 Å². The van der Waals surface area contributed by atoms with Gasteiger partial charge in [-0.2, -0.15) is 0 Å². The maximum absolute atomic E-state index is 12.1. The van der Waals surface area contributed by atoms with E-state index in [2.05, 4.69) is 20.3 Å². The summed E-state index contributed by atoms with van der Waals surface area (Å²) in [5.74, 6) is -0.685. The molecule has 0 aliphatic heterocycles. The standard InChI is InChI=1S/C12H11F3N4O2S2/c1-6(22-11-19-18-10(16)23-11)9(20)17-7-2-4-8(5-3-7)21-12(13,14)15/h2-6H,1H3,(H2,16,18)(H,17,20). The Balaban J connectivity index is 1.91. The van der Waals surface area contributed by atoms with Gasteiger partial charge in [0.2, 0.25) is 11.0 Å². The number of nitrogens with two attached hydrogens (primary N) is 1. The fourth-order valence-electron chi connectivity index (χ4n) is 1.46. The van der Waals surface area contributed by atoms with Crippen molar-refractivity contribution >= 4 is 39.8 Å². The van der Waals surface area contributed by atoms with Gasteiger partial charge in [-0.25, -0.2) is 0 Å². The number of carbonyl (C=O) groups excluding carboxylic acids is 1. The molecule has 0 saturated heterocycles. The number of amides is 1. The molecule has 1 aromatic heterocycles. The van der Waals surface area contributed by atoms with Gasteiger partial charge in [0, 0.05) is 5.69 Å². The molecule has 1 atom stereocenters. The highest BCUT2D eigenvalue weighted by atomic mass is 32.2. The number of thioether (sulfide) groups is 1. The molecule has 0 aliphatic carbocycles. The second kappa shape index (κ2) is 7.04. The van der Waals surface area contributed by atoms with Gasteiger partial charge < -0.3 is 15.8 Å². The first kappa shape index (κ1) is 17.3. The Morgan fingerprint density at radius 3 is 2.52 bits per heavy atom. The highest BCUT2D eigenvalue weighted by Gasteiger charge is 2.31. The molecular formula is C12H11F3N4O2S2. The summed E-state index contributed by atoms with van der Waals surface area (Å²) in [5.41, 5.74) is 5.81. The van der Waals surface area contributed by atoms with Crippen LogP contribution in [0.5, 0.6) is 5.75 Å². The van der Waals surface area contributed by atoms with Crippen LogP contribution in [0.4, 0.5) is 24.0 Å². The molecular weight excluding hydrogens is 353 g/mol. The molecule has 1 heterocycles. The van der Waals surface area contributed by atoms with Crippen molar-refractivity contribution in [2.75, 3.05) is 11.1 Å². The molecule has 2 rings (SSSR count). The van der Waals surface area contributed by atoms with Gasteiger partial charge in [-0.15, -0.1) is 23.4 Å². The minimum atomic E-state index is -4.75. The zero-order valence-corrected chi connectivity index (χ0v) is 13.3. The highest BCUT2D eigenvalue weighted by molar-refractivity contribution is 8.02. The van der Waals surface area contributed by atoms with Crippen molar-refractivity contribution in [1.29, 1.82) is 0 Å². The van der Waals surface area contributed by atoms with Crippen LogP contribution in [0.1, 0.15) is 6.92 Å². The zero-order valence-electron chi connectivity index (χ0n) is 11.6. The lowest BCUT2D eigenvalue weighted by Crippen LogP contribution is -2.22. The maximum atomic E-state index is 12.1. The molecule has 1 aromatic carbocycles. The third kappa shape index (κ3) is 5.60. The Kier molecular flexibility index (Phi) is 5.31. The van der Waals surface area contributed by atoms with Crippen LogP contribution in [0.2, 0.25) is 0 Å². The van der Waals surface area contributed by atoms with Crippen molar-refractivity contribution in [3.8, 4) is 5.75 Å². The van der Waals surface area contributed by atoms with Gasteiger partial charge in [0.25, 0.3) is 0 Å². The van der Waals surface area contributed by atoms with E-state index in [-0.39, 0.29) is 11.7 Å². The quantitative estimate of drug-likeness (QED) is 0.792. The molecule has 2 aromatic rings. The predicted octanol–water partition coefficient (Wildman–Crippen LogP) is 3.14. The van der Waals surface area contributed by atoms with Gasteiger partial charge in [0.05, 0.1) is 5.25 Å². The summed E-state index contributed by atoms with van der Waals surface area (Å²) in [7, 11) is 0. The Morgan fingerprint density at radius 2 is 2.00 bits per heavy atom. The molecule has 11 heteroatoms. The van der Waals surface area contributed by atoms with Crippen LogP contribution < -0.4 is 15.8 Å².